The van der Waals surface area contributed by atoms with E-state index < -0.39 is 18.0 Å². The zero-order valence-electron chi connectivity index (χ0n) is 15.9. The van der Waals surface area contributed by atoms with Gasteiger partial charge in [-0.2, -0.15) is 0 Å². The van der Waals surface area contributed by atoms with Crippen LogP contribution in [0.2, 0.25) is 0 Å². The van der Waals surface area contributed by atoms with Gasteiger partial charge >= 0.3 is 5.97 Å². The van der Waals surface area contributed by atoms with Crippen LogP contribution in [-0.2, 0) is 14.3 Å². The summed E-state index contributed by atoms with van der Waals surface area (Å²) < 4.78 is 5.33. The number of rotatable bonds is 6. The summed E-state index contributed by atoms with van der Waals surface area (Å²) in [5.74, 6) is -1.45. The van der Waals surface area contributed by atoms with Gasteiger partial charge in [0, 0.05) is 12.5 Å². The fourth-order valence-electron chi connectivity index (χ4n) is 2.55. The van der Waals surface area contributed by atoms with Crippen molar-refractivity contribution in [1.82, 2.24) is 5.32 Å². The normalized spacial score (nSPS) is 12.2. The number of amides is 1. The highest BCUT2D eigenvalue weighted by Gasteiger charge is 2.23. The Bertz CT molecular complexity index is 884. The Morgan fingerprint density at radius 1 is 1.04 bits per heavy atom. The average Bonchev–Trinajstić information content (AvgIpc) is 2.63. The Morgan fingerprint density at radius 3 is 2.33 bits per heavy atom. The van der Waals surface area contributed by atoms with Crippen LogP contribution in [0, 0.1) is 13.8 Å². The Morgan fingerprint density at radius 2 is 1.70 bits per heavy atom. The maximum absolute atomic E-state index is 12.7. The zero-order chi connectivity index (χ0) is 20.0. The van der Waals surface area contributed by atoms with Crippen molar-refractivity contribution in [2.75, 3.05) is 0 Å². The molecule has 0 heterocycles. The molecule has 1 N–H and O–H groups in total. The monoisotopic (exact) mass is 365 g/mol. The molecule has 1 amide bonds. The number of esters is 1. The van der Waals surface area contributed by atoms with Crippen molar-refractivity contribution < 1.29 is 19.1 Å². The molecule has 0 radical (unpaired) electrons. The summed E-state index contributed by atoms with van der Waals surface area (Å²) in [5.41, 5.74) is 2.99. The number of ketones is 1. The summed E-state index contributed by atoms with van der Waals surface area (Å²) in [6.45, 7) is 6.55. The highest BCUT2D eigenvalue weighted by molar-refractivity contribution is 6.03. The number of hydrogen-bond acceptors (Lipinski definition) is 4. The van der Waals surface area contributed by atoms with Gasteiger partial charge in [0.05, 0.1) is 0 Å². The third kappa shape index (κ3) is 5.64. The summed E-state index contributed by atoms with van der Waals surface area (Å²) >= 11 is 0. The van der Waals surface area contributed by atoms with E-state index in [0.717, 1.165) is 16.7 Å². The molecule has 0 aliphatic heterocycles. The van der Waals surface area contributed by atoms with Crippen LogP contribution in [0.3, 0.4) is 0 Å². The molecule has 0 spiro atoms. The minimum absolute atomic E-state index is 0.0192. The molecule has 27 heavy (non-hydrogen) atoms. The zero-order valence-corrected chi connectivity index (χ0v) is 15.9. The van der Waals surface area contributed by atoms with Crippen molar-refractivity contribution in [1.29, 1.82) is 0 Å². The van der Waals surface area contributed by atoms with Gasteiger partial charge in [0.2, 0.25) is 11.7 Å². The smallest absolute Gasteiger partial charge is 0.355 e. The number of hydrogen-bond donors (Lipinski definition) is 1. The fraction of sp³-hybridized carbons (Fsp3) is 0.227. The van der Waals surface area contributed by atoms with Gasteiger partial charge < -0.3 is 10.1 Å². The number of nitrogens with one attached hydrogen (secondary N) is 1. The number of benzene rings is 2. The molecule has 2 aromatic rings. The fourth-order valence-corrected chi connectivity index (χ4v) is 2.55. The highest BCUT2D eigenvalue weighted by atomic mass is 16.5. The van der Waals surface area contributed by atoms with Crippen LogP contribution in [0.5, 0.6) is 0 Å². The second-order valence-corrected chi connectivity index (χ2v) is 6.38. The molecule has 2 rings (SSSR count). The van der Waals surface area contributed by atoms with Gasteiger partial charge in [-0.3, -0.25) is 9.59 Å². The van der Waals surface area contributed by atoms with E-state index in [1.807, 2.05) is 44.2 Å². The summed E-state index contributed by atoms with van der Waals surface area (Å²) in [6.07, 6.45) is 0.532. The number of Topliss-reactive ketones (excluding diaryl/α,β-unsaturated/α-hetero) is 1. The SMILES string of the molecule is CC(=O)N/C(=C\c1ccccc1)C(=O)O[C@H](C)C(=O)c1cc(C)ccc1C. The third-order valence-electron chi connectivity index (χ3n) is 3.95. The van der Waals surface area contributed by atoms with E-state index in [-0.39, 0.29) is 11.5 Å². The third-order valence-corrected chi connectivity index (χ3v) is 3.95. The number of aryl methyl sites for hydroxylation is 2. The molecular weight excluding hydrogens is 342 g/mol. The first-order chi connectivity index (χ1) is 12.8. The lowest BCUT2D eigenvalue weighted by molar-refractivity contribution is -0.142. The molecule has 5 nitrogen and oxygen atoms in total. The number of carbonyl (C=O) groups excluding carboxylic acids is 3. The molecule has 140 valence electrons. The molecule has 0 fully saturated rings. The second kappa shape index (κ2) is 8.94. The molecule has 1 atom stereocenters. The maximum atomic E-state index is 12.7. The van der Waals surface area contributed by atoms with Gasteiger partial charge in [0.25, 0.3) is 0 Å². The summed E-state index contributed by atoms with van der Waals surface area (Å²) in [5, 5.41) is 2.47. The van der Waals surface area contributed by atoms with Crippen molar-refractivity contribution in [3.63, 3.8) is 0 Å². The molecule has 0 aliphatic rings. The Labute approximate surface area is 159 Å². The van der Waals surface area contributed by atoms with E-state index in [2.05, 4.69) is 5.32 Å². The lowest BCUT2D eigenvalue weighted by atomic mass is 9.99. The van der Waals surface area contributed by atoms with E-state index >= 15 is 0 Å². The van der Waals surface area contributed by atoms with Crippen LogP contribution in [-0.4, -0.2) is 23.8 Å². The topological polar surface area (TPSA) is 72.5 Å². The Kier molecular flexibility index (Phi) is 6.66. The quantitative estimate of drug-likeness (QED) is 0.482. The predicted octanol–water partition coefficient (Wildman–Crippen LogP) is 3.60. The van der Waals surface area contributed by atoms with Gasteiger partial charge in [0.15, 0.2) is 6.10 Å². The number of ether oxygens (including phenoxy) is 1. The Hall–Kier alpha value is -3.21. The molecular formula is C22H23NO4. The summed E-state index contributed by atoms with van der Waals surface area (Å²) in [7, 11) is 0. The van der Waals surface area contributed by atoms with E-state index in [1.54, 1.807) is 18.2 Å². The second-order valence-electron chi connectivity index (χ2n) is 6.38. The van der Waals surface area contributed by atoms with E-state index in [0.29, 0.717) is 5.56 Å². The van der Waals surface area contributed by atoms with Crippen molar-refractivity contribution in [2.24, 2.45) is 0 Å². The van der Waals surface area contributed by atoms with Gasteiger partial charge in [-0.25, -0.2) is 4.79 Å². The van der Waals surface area contributed by atoms with Crippen molar-refractivity contribution in [2.45, 2.75) is 33.8 Å². The van der Waals surface area contributed by atoms with Gasteiger partial charge in [-0.05, 0) is 44.0 Å². The molecule has 0 bridgehead atoms. The van der Waals surface area contributed by atoms with Gasteiger partial charge in [-0.15, -0.1) is 0 Å². The minimum Gasteiger partial charge on any atom is -0.450 e. The van der Waals surface area contributed by atoms with Crippen molar-refractivity contribution in [3.8, 4) is 0 Å². The van der Waals surface area contributed by atoms with Crippen LogP contribution >= 0.6 is 0 Å². The first kappa shape index (κ1) is 20.1. The highest BCUT2D eigenvalue weighted by Crippen LogP contribution is 2.15. The van der Waals surface area contributed by atoms with Gasteiger partial charge in [-0.1, -0.05) is 48.0 Å². The standard InChI is InChI=1S/C22H23NO4/c1-14-10-11-15(2)19(12-14)21(25)16(3)27-22(26)20(23-17(4)24)13-18-8-6-5-7-9-18/h5-13,16H,1-4H3,(H,23,24)/b20-13-/t16-/m1/s1. The lowest BCUT2D eigenvalue weighted by Crippen LogP contribution is -2.31. The van der Waals surface area contributed by atoms with Crippen LogP contribution in [0.4, 0.5) is 0 Å². The predicted molar refractivity (Wildman–Crippen MR) is 104 cm³/mol. The number of carbonyl (C=O) groups is 3. The minimum atomic E-state index is -0.981. The van der Waals surface area contributed by atoms with Crippen LogP contribution in [0.1, 0.15) is 40.9 Å². The van der Waals surface area contributed by atoms with Crippen LogP contribution in [0.25, 0.3) is 6.08 Å². The maximum Gasteiger partial charge on any atom is 0.355 e. The van der Waals surface area contributed by atoms with E-state index in [9.17, 15) is 14.4 Å². The molecule has 5 heteroatoms. The summed E-state index contributed by atoms with van der Waals surface area (Å²) in [4.78, 5) is 36.6. The molecule has 0 aliphatic carbocycles. The van der Waals surface area contributed by atoms with Crippen molar-refractivity contribution in [3.05, 3.63) is 76.5 Å². The van der Waals surface area contributed by atoms with Gasteiger partial charge in [0.1, 0.15) is 5.70 Å². The van der Waals surface area contributed by atoms with Crippen molar-refractivity contribution >= 4 is 23.7 Å². The molecule has 0 saturated carbocycles. The van der Waals surface area contributed by atoms with E-state index in [1.165, 1.54) is 19.9 Å². The molecule has 0 unspecified atom stereocenters. The molecule has 0 saturated heterocycles. The molecule has 2 aromatic carbocycles. The first-order valence-electron chi connectivity index (χ1n) is 8.64. The average molecular weight is 365 g/mol. The van der Waals surface area contributed by atoms with E-state index in [4.69, 9.17) is 4.74 Å². The lowest BCUT2D eigenvalue weighted by Gasteiger charge is -2.16. The first-order valence-corrected chi connectivity index (χ1v) is 8.64. The van der Waals surface area contributed by atoms with Crippen LogP contribution < -0.4 is 5.32 Å². The Balaban J connectivity index is 2.21. The largest absolute Gasteiger partial charge is 0.450 e. The van der Waals surface area contributed by atoms with Crippen LogP contribution in [0.15, 0.2) is 54.2 Å². The molecule has 0 aromatic heterocycles. The summed E-state index contributed by atoms with van der Waals surface area (Å²) in [6, 6.07) is 14.6.